The molecule has 1 N–H and O–H groups in total. The first-order chi connectivity index (χ1) is 13.2. The number of fused-ring (bicyclic) bond motifs is 1. The highest BCUT2D eigenvalue weighted by Gasteiger charge is 2.34. The van der Waals surface area contributed by atoms with Gasteiger partial charge in [-0.3, -0.25) is 14.5 Å². The zero-order chi connectivity index (χ0) is 18.8. The van der Waals surface area contributed by atoms with Crippen molar-refractivity contribution < 1.29 is 23.8 Å². The van der Waals surface area contributed by atoms with Gasteiger partial charge in [0.05, 0.1) is 5.75 Å². The number of amides is 2. The summed E-state index contributed by atoms with van der Waals surface area (Å²) in [5.41, 5.74) is 2.44. The minimum Gasteiger partial charge on any atom is -0.454 e. The molecule has 0 aromatic heterocycles. The third-order valence-corrected chi connectivity index (χ3v) is 5.47. The molecule has 2 aliphatic rings. The monoisotopic (exact) mass is 386 g/mol. The van der Waals surface area contributed by atoms with Crippen molar-refractivity contribution in [3.8, 4) is 11.5 Å². The van der Waals surface area contributed by atoms with Gasteiger partial charge >= 0.3 is 0 Å². The lowest BCUT2D eigenvalue weighted by Crippen LogP contribution is -2.27. The molecule has 1 atom stereocenters. The second kappa shape index (κ2) is 7.50. The number of nitrogens with zero attached hydrogens (tertiary/aromatic N) is 1. The molecule has 0 spiro atoms. The molecule has 0 bridgehead atoms. The maximum atomic E-state index is 12.5. The van der Waals surface area contributed by atoms with E-state index in [1.807, 2.05) is 42.5 Å². The lowest BCUT2D eigenvalue weighted by Gasteiger charge is -2.24. The van der Waals surface area contributed by atoms with Crippen LogP contribution >= 0.6 is 11.8 Å². The lowest BCUT2D eigenvalue weighted by molar-refractivity contribution is -0.119. The summed E-state index contributed by atoms with van der Waals surface area (Å²) in [4.78, 5) is 25.9. The van der Waals surface area contributed by atoms with Crippen LogP contribution in [0.2, 0.25) is 0 Å². The number of carbonyl (C=O) groups excluding carboxylic acids is 2. The van der Waals surface area contributed by atoms with E-state index in [1.54, 1.807) is 16.7 Å². The van der Waals surface area contributed by atoms with E-state index in [9.17, 15) is 9.59 Å². The Hall–Kier alpha value is -2.71. The van der Waals surface area contributed by atoms with Crippen molar-refractivity contribution in [1.29, 1.82) is 0 Å². The number of thioether (sulfide) groups is 1. The van der Waals surface area contributed by atoms with Crippen molar-refractivity contribution >= 4 is 35.0 Å². The molecule has 7 nitrogen and oxygen atoms in total. The molecule has 2 heterocycles. The predicted molar refractivity (Wildman–Crippen MR) is 102 cm³/mol. The quantitative estimate of drug-likeness (QED) is 0.852. The van der Waals surface area contributed by atoms with Gasteiger partial charge in [-0.25, -0.2) is 0 Å². The van der Waals surface area contributed by atoms with Crippen molar-refractivity contribution in [1.82, 2.24) is 0 Å². The van der Waals surface area contributed by atoms with Crippen molar-refractivity contribution in [2.75, 3.05) is 36.5 Å². The molecule has 4 rings (SSSR count). The van der Waals surface area contributed by atoms with Gasteiger partial charge in [0, 0.05) is 24.6 Å². The van der Waals surface area contributed by atoms with Gasteiger partial charge in [0.2, 0.25) is 18.6 Å². The zero-order valence-corrected chi connectivity index (χ0v) is 15.5. The van der Waals surface area contributed by atoms with Crippen molar-refractivity contribution in [3.63, 3.8) is 0 Å². The SMILES string of the molecule is COCC(=O)Nc1ccc([C@@H]2SCC(=O)N2c2ccc3c(c2)OCO3)cc1. The molecule has 1 saturated heterocycles. The molecular weight excluding hydrogens is 368 g/mol. The molecule has 2 amide bonds. The number of ether oxygens (including phenoxy) is 3. The smallest absolute Gasteiger partial charge is 0.250 e. The van der Waals surface area contributed by atoms with Gasteiger partial charge in [-0.1, -0.05) is 12.1 Å². The molecule has 8 heteroatoms. The third-order valence-electron chi connectivity index (χ3n) is 4.26. The Morgan fingerprint density at radius 2 is 2.00 bits per heavy atom. The van der Waals surface area contributed by atoms with E-state index in [0.29, 0.717) is 22.9 Å². The number of benzene rings is 2. The van der Waals surface area contributed by atoms with Gasteiger partial charge in [-0.05, 0) is 29.8 Å². The topological polar surface area (TPSA) is 77.1 Å². The Kier molecular flexibility index (Phi) is 4.91. The number of methoxy groups -OCH3 is 1. The van der Waals surface area contributed by atoms with Gasteiger partial charge in [-0.15, -0.1) is 11.8 Å². The maximum Gasteiger partial charge on any atom is 0.250 e. The normalized spacial score (nSPS) is 18.0. The molecular formula is C19H18N2O5S. The third kappa shape index (κ3) is 3.58. The Labute approximate surface area is 160 Å². The van der Waals surface area contributed by atoms with Crippen LogP contribution in [0, 0.1) is 0 Å². The molecule has 0 aliphatic carbocycles. The summed E-state index contributed by atoms with van der Waals surface area (Å²) in [7, 11) is 1.47. The second-order valence-corrected chi connectivity index (χ2v) is 7.14. The minimum atomic E-state index is -0.211. The number of rotatable bonds is 5. The highest BCUT2D eigenvalue weighted by Crippen LogP contribution is 2.44. The molecule has 0 unspecified atom stereocenters. The molecule has 1 fully saturated rings. The van der Waals surface area contributed by atoms with E-state index in [4.69, 9.17) is 14.2 Å². The summed E-state index contributed by atoms with van der Waals surface area (Å²) in [5.74, 6) is 1.57. The summed E-state index contributed by atoms with van der Waals surface area (Å²) < 4.78 is 15.6. The van der Waals surface area contributed by atoms with E-state index in [2.05, 4.69) is 5.32 Å². The maximum absolute atomic E-state index is 12.5. The van der Waals surface area contributed by atoms with Gasteiger partial charge in [0.25, 0.3) is 0 Å². The Morgan fingerprint density at radius 1 is 1.22 bits per heavy atom. The summed E-state index contributed by atoms with van der Waals surface area (Å²) in [6, 6.07) is 13.0. The van der Waals surface area contributed by atoms with Gasteiger partial charge in [0.15, 0.2) is 11.5 Å². The summed E-state index contributed by atoms with van der Waals surface area (Å²) in [6.07, 6.45) is 0. The molecule has 27 heavy (non-hydrogen) atoms. The van der Waals surface area contributed by atoms with Gasteiger partial charge in [0.1, 0.15) is 12.0 Å². The highest BCUT2D eigenvalue weighted by atomic mass is 32.2. The number of anilines is 2. The van der Waals surface area contributed by atoms with Gasteiger partial charge < -0.3 is 19.5 Å². The summed E-state index contributed by atoms with van der Waals surface area (Å²) in [6.45, 7) is 0.202. The average molecular weight is 386 g/mol. The van der Waals surface area contributed by atoms with Crippen LogP contribution in [0.5, 0.6) is 11.5 Å². The number of hydrogen-bond acceptors (Lipinski definition) is 6. The average Bonchev–Trinajstić information content (AvgIpc) is 3.28. The van der Waals surface area contributed by atoms with Gasteiger partial charge in [-0.2, -0.15) is 0 Å². The first-order valence-electron chi connectivity index (χ1n) is 8.38. The predicted octanol–water partition coefficient (Wildman–Crippen LogP) is 2.78. The molecule has 0 saturated carbocycles. The fraction of sp³-hybridized carbons (Fsp3) is 0.263. The van der Waals surface area contributed by atoms with E-state index < -0.39 is 0 Å². The number of nitrogens with one attached hydrogen (secondary N) is 1. The fourth-order valence-corrected chi connectivity index (χ4v) is 4.22. The summed E-state index contributed by atoms with van der Waals surface area (Å²) in [5, 5.41) is 2.62. The Morgan fingerprint density at radius 3 is 2.78 bits per heavy atom. The van der Waals surface area contributed by atoms with Crippen molar-refractivity contribution in [2.24, 2.45) is 0 Å². The van der Waals surface area contributed by atoms with Crippen LogP contribution in [-0.2, 0) is 14.3 Å². The molecule has 140 valence electrons. The highest BCUT2D eigenvalue weighted by molar-refractivity contribution is 8.00. The minimum absolute atomic E-state index is 0.00657. The molecule has 2 aliphatic heterocycles. The number of carbonyl (C=O) groups is 2. The second-order valence-electron chi connectivity index (χ2n) is 6.07. The van der Waals surface area contributed by atoms with E-state index in [1.165, 1.54) is 7.11 Å². The van der Waals surface area contributed by atoms with E-state index in [-0.39, 0.29) is 30.6 Å². The van der Waals surface area contributed by atoms with E-state index in [0.717, 1.165) is 11.3 Å². The van der Waals surface area contributed by atoms with Crippen LogP contribution in [-0.4, -0.2) is 38.1 Å². The van der Waals surface area contributed by atoms with Crippen molar-refractivity contribution in [2.45, 2.75) is 5.37 Å². The summed E-state index contributed by atoms with van der Waals surface area (Å²) >= 11 is 1.56. The fourth-order valence-electron chi connectivity index (χ4n) is 3.04. The molecule has 0 radical (unpaired) electrons. The van der Waals surface area contributed by atoms with Crippen LogP contribution in [0.25, 0.3) is 0 Å². The Balaban J connectivity index is 1.55. The van der Waals surface area contributed by atoms with E-state index >= 15 is 0 Å². The standard InChI is InChI=1S/C19H18N2O5S/c1-24-9-17(22)20-13-4-2-12(3-5-13)19-21(18(23)10-27-19)14-6-7-15-16(8-14)26-11-25-15/h2-8,19H,9-11H2,1H3,(H,20,22)/t19-/m0/s1. The van der Waals surface area contributed by atoms with Crippen LogP contribution in [0.15, 0.2) is 42.5 Å². The lowest BCUT2D eigenvalue weighted by atomic mass is 10.1. The molecule has 2 aromatic rings. The molecule has 2 aromatic carbocycles. The zero-order valence-electron chi connectivity index (χ0n) is 14.6. The van der Waals surface area contributed by atoms with Crippen LogP contribution < -0.4 is 19.7 Å². The first kappa shape index (κ1) is 17.7. The van der Waals surface area contributed by atoms with Crippen LogP contribution in [0.3, 0.4) is 0 Å². The number of hydrogen-bond donors (Lipinski definition) is 1. The first-order valence-corrected chi connectivity index (χ1v) is 9.42. The van der Waals surface area contributed by atoms with Crippen LogP contribution in [0.4, 0.5) is 11.4 Å². The van der Waals surface area contributed by atoms with Crippen LogP contribution in [0.1, 0.15) is 10.9 Å². The Bertz CT molecular complexity index is 871. The van der Waals surface area contributed by atoms with Crippen molar-refractivity contribution in [3.05, 3.63) is 48.0 Å². The largest absolute Gasteiger partial charge is 0.454 e.